The predicted molar refractivity (Wildman–Crippen MR) is 83.3 cm³/mol. The summed E-state index contributed by atoms with van der Waals surface area (Å²) in [4.78, 5) is 0. The molecule has 0 aromatic rings. The molecule has 0 radical (unpaired) electrons. The summed E-state index contributed by atoms with van der Waals surface area (Å²) in [7, 11) is 5.20. The first-order chi connectivity index (χ1) is 9.66. The van der Waals surface area contributed by atoms with Crippen molar-refractivity contribution in [3.63, 3.8) is 0 Å². The van der Waals surface area contributed by atoms with Crippen molar-refractivity contribution in [1.82, 2.24) is 0 Å². The van der Waals surface area contributed by atoms with Gasteiger partial charge in [0.1, 0.15) is 0 Å². The maximum atomic E-state index is 5.38. The third-order valence-corrected chi connectivity index (χ3v) is 5.74. The standard InChI is InChI=1S/C9H23NO4Si.C2H8O2Si/c1-11-15(12-2,13-3)9-5-8-14-7-4-6-10;1-3-5-4-2/h4-10H2,1-3H3;5H2,1-2H3. The van der Waals surface area contributed by atoms with Gasteiger partial charge in [-0.25, -0.2) is 0 Å². The molecule has 0 unspecified atom stereocenters. The molecular weight excluding hydrogens is 298 g/mol. The Labute approximate surface area is 126 Å². The van der Waals surface area contributed by atoms with Crippen molar-refractivity contribution in [3.05, 3.63) is 0 Å². The number of hydrogen-bond acceptors (Lipinski definition) is 7. The molecule has 0 fully saturated rings. The highest BCUT2D eigenvalue weighted by Gasteiger charge is 2.36. The van der Waals surface area contributed by atoms with E-state index in [1.807, 2.05) is 0 Å². The van der Waals surface area contributed by atoms with Crippen molar-refractivity contribution < 1.29 is 26.9 Å². The lowest BCUT2D eigenvalue weighted by Crippen LogP contribution is -2.42. The second-order valence-electron chi connectivity index (χ2n) is 3.85. The molecule has 0 bridgehead atoms. The van der Waals surface area contributed by atoms with Gasteiger partial charge in [-0.1, -0.05) is 0 Å². The first-order valence-electron chi connectivity index (χ1n) is 6.57. The fourth-order valence-electron chi connectivity index (χ4n) is 1.35. The van der Waals surface area contributed by atoms with Crippen LogP contribution in [-0.2, 0) is 26.9 Å². The minimum Gasteiger partial charge on any atom is -0.402 e. The molecule has 0 spiro atoms. The zero-order chi connectivity index (χ0) is 15.7. The number of ether oxygens (including phenoxy) is 1. The van der Waals surface area contributed by atoms with E-state index in [9.17, 15) is 0 Å². The van der Waals surface area contributed by atoms with Crippen LogP contribution < -0.4 is 5.73 Å². The maximum absolute atomic E-state index is 5.38. The third-order valence-electron chi connectivity index (χ3n) is 2.43. The zero-order valence-corrected chi connectivity index (χ0v) is 15.9. The summed E-state index contributed by atoms with van der Waals surface area (Å²) in [6.07, 6.45) is 1.79. The molecule has 0 saturated carbocycles. The molecular formula is C11H31NO6Si2. The largest absolute Gasteiger partial charge is 0.500 e. The summed E-state index contributed by atoms with van der Waals surface area (Å²) in [5.74, 6) is 0. The van der Waals surface area contributed by atoms with Crippen molar-refractivity contribution in [2.45, 2.75) is 18.9 Å². The molecule has 2 N–H and O–H groups in total. The molecule has 0 aliphatic rings. The van der Waals surface area contributed by atoms with Crippen LogP contribution in [0.25, 0.3) is 0 Å². The van der Waals surface area contributed by atoms with Gasteiger partial charge < -0.3 is 32.6 Å². The second-order valence-corrected chi connectivity index (χ2v) is 8.33. The summed E-state index contributed by atoms with van der Waals surface area (Å²) in [5.41, 5.74) is 5.34. The Hall–Kier alpha value is 0.154. The smallest absolute Gasteiger partial charge is 0.402 e. The highest BCUT2D eigenvalue weighted by molar-refractivity contribution is 6.60. The van der Waals surface area contributed by atoms with E-state index in [1.54, 1.807) is 35.5 Å². The molecule has 20 heavy (non-hydrogen) atoms. The van der Waals surface area contributed by atoms with E-state index in [0.717, 1.165) is 25.5 Å². The average molecular weight is 330 g/mol. The number of hydrogen-bond donors (Lipinski definition) is 1. The fraction of sp³-hybridized carbons (Fsp3) is 1.00. The molecule has 0 heterocycles. The highest BCUT2D eigenvalue weighted by atomic mass is 28.4. The van der Waals surface area contributed by atoms with Crippen LogP contribution in [0, 0.1) is 0 Å². The van der Waals surface area contributed by atoms with Gasteiger partial charge in [0.2, 0.25) is 0 Å². The van der Waals surface area contributed by atoms with Gasteiger partial charge in [0.25, 0.3) is 0 Å². The van der Waals surface area contributed by atoms with Crippen LogP contribution in [0.2, 0.25) is 6.04 Å². The third kappa shape index (κ3) is 13.2. The Morgan fingerprint density at radius 3 is 1.70 bits per heavy atom. The Morgan fingerprint density at radius 1 is 0.850 bits per heavy atom. The van der Waals surface area contributed by atoms with Gasteiger partial charge in [-0.05, 0) is 19.4 Å². The highest BCUT2D eigenvalue weighted by Crippen LogP contribution is 2.14. The molecule has 0 atom stereocenters. The Balaban J connectivity index is 0. The molecule has 0 aliphatic heterocycles. The van der Waals surface area contributed by atoms with E-state index in [0.29, 0.717) is 13.2 Å². The molecule has 0 saturated heterocycles. The van der Waals surface area contributed by atoms with Crippen molar-refractivity contribution in [2.75, 3.05) is 55.3 Å². The Kier molecular flexibility index (Phi) is 19.3. The van der Waals surface area contributed by atoms with Gasteiger partial charge in [0.15, 0.2) is 0 Å². The van der Waals surface area contributed by atoms with Crippen molar-refractivity contribution in [3.8, 4) is 0 Å². The molecule has 124 valence electrons. The number of nitrogens with two attached hydrogens (primary N) is 1. The first kappa shape index (κ1) is 22.4. The maximum Gasteiger partial charge on any atom is 0.500 e. The topological polar surface area (TPSA) is 81.4 Å². The minimum absolute atomic E-state index is 0.568. The van der Waals surface area contributed by atoms with Crippen LogP contribution in [0.1, 0.15) is 12.8 Å². The van der Waals surface area contributed by atoms with Crippen LogP contribution in [0.15, 0.2) is 0 Å². The van der Waals surface area contributed by atoms with Gasteiger partial charge in [0, 0.05) is 54.8 Å². The Morgan fingerprint density at radius 2 is 1.35 bits per heavy atom. The summed E-state index contributed by atoms with van der Waals surface area (Å²) in [6, 6.07) is 0.777. The van der Waals surface area contributed by atoms with E-state index in [2.05, 4.69) is 8.85 Å². The molecule has 0 aromatic carbocycles. The van der Waals surface area contributed by atoms with E-state index < -0.39 is 18.8 Å². The molecule has 0 amide bonds. The lowest BCUT2D eigenvalue weighted by molar-refractivity contribution is 0.107. The van der Waals surface area contributed by atoms with E-state index in [1.165, 1.54) is 0 Å². The van der Waals surface area contributed by atoms with E-state index in [-0.39, 0.29) is 0 Å². The average Bonchev–Trinajstić information content (AvgIpc) is 2.49. The van der Waals surface area contributed by atoms with Crippen LogP contribution in [0.3, 0.4) is 0 Å². The van der Waals surface area contributed by atoms with Crippen molar-refractivity contribution in [2.24, 2.45) is 5.73 Å². The van der Waals surface area contributed by atoms with Crippen LogP contribution >= 0.6 is 0 Å². The fourth-order valence-corrected chi connectivity index (χ4v) is 3.28. The second kappa shape index (κ2) is 17.2. The van der Waals surface area contributed by atoms with Crippen molar-refractivity contribution in [1.29, 1.82) is 0 Å². The van der Waals surface area contributed by atoms with Gasteiger partial charge >= 0.3 is 18.8 Å². The molecule has 0 rings (SSSR count). The van der Waals surface area contributed by atoms with Gasteiger partial charge in [-0.3, -0.25) is 0 Å². The number of rotatable bonds is 12. The minimum atomic E-state index is -2.39. The SMILES string of the molecule is CO[SiH2]OC.CO[Si](CCCOCCCN)(OC)OC. The molecule has 0 aliphatic carbocycles. The summed E-state index contributed by atoms with van der Waals surface area (Å²) >= 11 is 0. The lowest BCUT2D eigenvalue weighted by Gasteiger charge is -2.24. The summed E-state index contributed by atoms with van der Waals surface area (Å²) in [6.45, 7) is 2.09. The zero-order valence-electron chi connectivity index (χ0n) is 13.5. The lowest BCUT2D eigenvalue weighted by atomic mass is 10.4. The predicted octanol–water partition coefficient (Wildman–Crippen LogP) is -0.102. The van der Waals surface area contributed by atoms with Gasteiger partial charge in [-0.15, -0.1) is 0 Å². The van der Waals surface area contributed by atoms with Crippen LogP contribution in [0.5, 0.6) is 0 Å². The van der Waals surface area contributed by atoms with Crippen molar-refractivity contribution >= 4 is 18.8 Å². The van der Waals surface area contributed by atoms with Crippen LogP contribution in [-0.4, -0.2) is 74.1 Å². The first-order valence-corrected chi connectivity index (χ1v) is 9.66. The van der Waals surface area contributed by atoms with Gasteiger partial charge in [-0.2, -0.15) is 0 Å². The molecule has 7 nitrogen and oxygen atoms in total. The van der Waals surface area contributed by atoms with E-state index in [4.69, 9.17) is 23.7 Å². The molecule has 0 aromatic heterocycles. The monoisotopic (exact) mass is 329 g/mol. The van der Waals surface area contributed by atoms with E-state index >= 15 is 0 Å². The molecule has 9 heteroatoms. The summed E-state index contributed by atoms with van der Waals surface area (Å²) < 4.78 is 30.4. The normalized spacial score (nSPS) is 11.1. The quantitative estimate of drug-likeness (QED) is 0.395. The van der Waals surface area contributed by atoms with Crippen LogP contribution in [0.4, 0.5) is 0 Å². The van der Waals surface area contributed by atoms with Gasteiger partial charge in [0.05, 0.1) is 0 Å². The summed E-state index contributed by atoms with van der Waals surface area (Å²) in [5, 5.41) is 0. The Bertz CT molecular complexity index is 176.